The van der Waals surface area contributed by atoms with E-state index in [9.17, 15) is 4.79 Å². The normalized spacial score (nSPS) is 18.6. The van der Waals surface area contributed by atoms with Crippen LogP contribution in [-0.4, -0.2) is 36.5 Å². The van der Waals surface area contributed by atoms with Gasteiger partial charge in [0.05, 0.1) is 0 Å². The summed E-state index contributed by atoms with van der Waals surface area (Å²) in [6.07, 6.45) is 1.06. The Kier molecular flexibility index (Phi) is 4.25. The van der Waals surface area contributed by atoms with Crippen molar-refractivity contribution >= 4 is 5.91 Å². The number of amides is 1. The predicted molar refractivity (Wildman–Crippen MR) is 78.6 cm³/mol. The fourth-order valence-electron chi connectivity index (χ4n) is 3.13. The lowest BCUT2D eigenvalue weighted by Crippen LogP contribution is -2.42. The first-order valence-electron chi connectivity index (χ1n) is 7.14. The first kappa shape index (κ1) is 14.1. The molecule has 0 spiro atoms. The predicted octanol–water partition coefficient (Wildman–Crippen LogP) is 2.44. The lowest BCUT2D eigenvalue weighted by molar-refractivity contribution is 0.0702. The minimum absolute atomic E-state index is 0.186. The summed E-state index contributed by atoms with van der Waals surface area (Å²) in [5, 5.41) is 3.34. The van der Waals surface area contributed by atoms with E-state index < -0.39 is 0 Å². The van der Waals surface area contributed by atoms with Crippen LogP contribution in [-0.2, 0) is 0 Å². The molecule has 1 aliphatic heterocycles. The van der Waals surface area contributed by atoms with Gasteiger partial charge in [-0.2, -0.15) is 0 Å². The van der Waals surface area contributed by atoms with Gasteiger partial charge in [0, 0.05) is 24.7 Å². The van der Waals surface area contributed by atoms with Crippen LogP contribution in [0.15, 0.2) is 12.1 Å². The summed E-state index contributed by atoms with van der Waals surface area (Å²) < 4.78 is 0. The van der Waals surface area contributed by atoms with Crippen molar-refractivity contribution < 1.29 is 4.79 Å². The van der Waals surface area contributed by atoms with Gasteiger partial charge in [-0.15, -0.1) is 0 Å². The number of rotatable bonds is 3. The number of carbonyl (C=O) groups excluding carboxylic acids is 1. The van der Waals surface area contributed by atoms with Crippen molar-refractivity contribution in [3.8, 4) is 0 Å². The van der Waals surface area contributed by atoms with Crippen LogP contribution in [0.2, 0.25) is 0 Å². The van der Waals surface area contributed by atoms with E-state index in [2.05, 4.69) is 31.3 Å². The van der Waals surface area contributed by atoms with Crippen molar-refractivity contribution in [3.63, 3.8) is 0 Å². The van der Waals surface area contributed by atoms with Gasteiger partial charge in [0.25, 0.3) is 5.91 Å². The third-order valence-corrected chi connectivity index (χ3v) is 3.97. The Balaban J connectivity index is 2.32. The van der Waals surface area contributed by atoms with Crippen LogP contribution in [0.25, 0.3) is 0 Å². The van der Waals surface area contributed by atoms with Gasteiger partial charge in [-0.25, -0.2) is 0 Å². The monoisotopic (exact) mass is 260 g/mol. The highest BCUT2D eigenvalue weighted by Crippen LogP contribution is 2.20. The summed E-state index contributed by atoms with van der Waals surface area (Å²) in [6, 6.07) is 4.54. The number of carbonyl (C=O) groups is 1. The second-order valence-corrected chi connectivity index (χ2v) is 5.51. The summed E-state index contributed by atoms with van der Waals surface area (Å²) in [4.78, 5) is 14.8. The van der Waals surface area contributed by atoms with E-state index >= 15 is 0 Å². The number of hydrogen-bond donors (Lipinski definition) is 1. The van der Waals surface area contributed by atoms with E-state index in [4.69, 9.17) is 0 Å². The molecule has 0 bridgehead atoms. The summed E-state index contributed by atoms with van der Waals surface area (Å²) in [5.74, 6) is 0.186. The summed E-state index contributed by atoms with van der Waals surface area (Å²) >= 11 is 0. The van der Waals surface area contributed by atoms with Gasteiger partial charge < -0.3 is 10.2 Å². The van der Waals surface area contributed by atoms with Crippen molar-refractivity contribution in [2.75, 3.05) is 19.6 Å². The van der Waals surface area contributed by atoms with Crippen molar-refractivity contribution in [1.82, 2.24) is 10.2 Å². The minimum atomic E-state index is 0.186. The van der Waals surface area contributed by atoms with E-state index in [1.54, 1.807) is 0 Å². The average Bonchev–Trinajstić information content (AvgIpc) is 2.82. The maximum absolute atomic E-state index is 12.8. The standard InChI is InChI=1S/C16H24N2O/c1-5-18(14-6-7-17-10-14)16(19)15-12(3)8-11(2)9-13(15)4/h8-9,14,17H,5-7,10H2,1-4H3. The average molecular weight is 260 g/mol. The van der Waals surface area contributed by atoms with Crippen molar-refractivity contribution in [1.29, 1.82) is 0 Å². The van der Waals surface area contributed by atoms with Crippen LogP contribution in [0.3, 0.4) is 0 Å². The molecule has 2 rings (SSSR count). The Bertz CT molecular complexity index is 453. The number of benzene rings is 1. The van der Waals surface area contributed by atoms with Crippen LogP contribution in [0.1, 0.15) is 40.4 Å². The molecule has 0 aliphatic carbocycles. The molecule has 0 aromatic heterocycles. The van der Waals surface area contributed by atoms with E-state index in [0.29, 0.717) is 6.04 Å². The fourth-order valence-corrected chi connectivity index (χ4v) is 3.13. The Hall–Kier alpha value is -1.35. The van der Waals surface area contributed by atoms with Gasteiger partial charge in [-0.05, 0) is 51.8 Å². The van der Waals surface area contributed by atoms with Gasteiger partial charge in [-0.3, -0.25) is 4.79 Å². The third kappa shape index (κ3) is 2.81. The second kappa shape index (κ2) is 5.74. The number of nitrogens with one attached hydrogen (secondary N) is 1. The van der Waals surface area contributed by atoms with Gasteiger partial charge >= 0.3 is 0 Å². The highest BCUT2D eigenvalue weighted by atomic mass is 16.2. The van der Waals surface area contributed by atoms with Crippen LogP contribution < -0.4 is 5.32 Å². The molecule has 1 atom stereocenters. The van der Waals surface area contributed by atoms with Gasteiger partial charge in [-0.1, -0.05) is 17.7 Å². The molecule has 1 aromatic carbocycles. The van der Waals surface area contributed by atoms with Gasteiger partial charge in [0.1, 0.15) is 0 Å². The molecule has 3 nitrogen and oxygen atoms in total. The molecule has 0 saturated carbocycles. The number of hydrogen-bond acceptors (Lipinski definition) is 2. The topological polar surface area (TPSA) is 32.3 Å². The first-order chi connectivity index (χ1) is 9.04. The smallest absolute Gasteiger partial charge is 0.254 e. The highest BCUT2D eigenvalue weighted by Gasteiger charge is 2.27. The minimum Gasteiger partial charge on any atom is -0.335 e. The molecular weight excluding hydrogens is 236 g/mol. The molecule has 1 N–H and O–H groups in total. The molecule has 1 aromatic rings. The number of likely N-dealkylation sites (N-methyl/N-ethyl adjacent to an activating group) is 1. The quantitative estimate of drug-likeness (QED) is 0.905. The van der Waals surface area contributed by atoms with Gasteiger partial charge in [0.2, 0.25) is 0 Å². The first-order valence-corrected chi connectivity index (χ1v) is 7.14. The molecule has 3 heteroatoms. The lowest BCUT2D eigenvalue weighted by Gasteiger charge is -2.28. The molecule has 0 radical (unpaired) electrons. The molecule has 1 fully saturated rings. The maximum atomic E-state index is 12.8. The van der Waals surface area contributed by atoms with E-state index in [-0.39, 0.29) is 5.91 Å². The molecule has 104 valence electrons. The zero-order chi connectivity index (χ0) is 14.0. The molecule has 1 aliphatic rings. The highest BCUT2D eigenvalue weighted by molar-refractivity contribution is 5.97. The van der Waals surface area contributed by atoms with Crippen molar-refractivity contribution in [3.05, 3.63) is 34.4 Å². The number of nitrogens with zero attached hydrogens (tertiary/aromatic N) is 1. The van der Waals surface area contributed by atoms with Crippen LogP contribution in [0, 0.1) is 20.8 Å². The molecule has 1 saturated heterocycles. The van der Waals surface area contributed by atoms with Gasteiger partial charge in [0.15, 0.2) is 0 Å². The maximum Gasteiger partial charge on any atom is 0.254 e. The molecule has 1 heterocycles. The van der Waals surface area contributed by atoms with E-state index in [0.717, 1.165) is 42.7 Å². The Morgan fingerprint density at radius 3 is 2.42 bits per heavy atom. The molecule has 19 heavy (non-hydrogen) atoms. The van der Waals surface area contributed by atoms with Crippen LogP contribution in [0.5, 0.6) is 0 Å². The molecule has 1 amide bonds. The van der Waals surface area contributed by atoms with Crippen LogP contribution in [0.4, 0.5) is 0 Å². The molecular formula is C16H24N2O. The van der Waals surface area contributed by atoms with E-state index in [1.165, 1.54) is 5.56 Å². The lowest BCUT2D eigenvalue weighted by atomic mass is 9.98. The fraction of sp³-hybridized carbons (Fsp3) is 0.562. The van der Waals surface area contributed by atoms with Crippen LogP contribution >= 0.6 is 0 Å². The number of aryl methyl sites for hydroxylation is 3. The summed E-state index contributed by atoms with van der Waals surface area (Å²) in [6.45, 7) is 10.9. The van der Waals surface area contributed by atoms with E-state index in [1.807, 2.05) is 18.7 Å². The second-order valence-electron chi connectivity index (χ2n) is 5.51. The third-order valence-electron chi connectivity index (χ3n) is 3.97. The largest absolute Gasteiger partial charge is 0.335 e. The zero-order valence-corrected chi connectivity index (χ0v) is 12.4. The molecule has 1 unspecified atom stereocenters. The SMILES string of the molecule is CCN(C(=O)c1c(C)cc(C)cc1C)C1CCNC1. The Morgan fingerprint density at radius 1 is 1.32 bits per heavy atom. The summed E-state index contributed by atoms with van der Waals surface area (Å²) in [7, 11) is 0. The zero-order valence-electron chi connectivity index (χ0n) is 12.4. The Labute approximate surface area is 116 Å². The Morgan fingerprint density at radius 2 is 1.95 bits per heavy atom. The van der Waals surface area contributed by atoms with Crippen molar-refractivity contribution in [2.24, 2.45) is 0 Å². The van der Waals surface area contributed by atoms with Crippen molar-refractivity contribution in [2.45, 2.75) is 40.2 Å². The summed E-state index contributed by atoms with van der Waals surface area (Å²) in [5.41, 5.74) is 4.29.